The number of thiophene rings is 1. The highest BCUT2D eigenvalue weighted by molar-refractivity contribution is 7.13. The number of hydrogen-bond donors (Lipinski definition) is 1. The lowest BCUT2D eigenvalue weighted by Crippen LogP contribution is -2.20. The van der Waals surface area contributed by atoms with Crippen molar-refractivity contribution < 1.29 is 14.4 Å². The van der Waals surface area contributed by atoms with Crippen LogP contribution >= 0.6 is 11.3 Å². The van der Waals surface area contributed by atoms with Crippen LogP contribution in [0, 0.1) is 0 Å². The molecule has 15 heavy (non-hydrogen) atoms. The molecule has 0 aliphatic rings. The Balaban J connectivity index is 2.49. The number of carboxylic acids is 1. The molecule has 78 valence electrons. The van der Waals surface area contributed by atoms with Gasteiger partial charge in [0.05, 0.1) is 4.88 Å². The SMILES string of the molecule is O=C(O)Cn1c(-c2cccs2)noc1=O. The van der Waals surface area contributed by atoms with Gasteiger partial charge in [0, 0.05) is 0 Å². The molecule has 0 saturated carbocycles. The molecule has 0 aliphatic carbocycles. The van der Waals surface area contributed by atoms with Crippen LogP contribution < -0.4 is 5.76 Å². The Morgan fingerprint density at radius 2 is 2.47 bits per heavy atom. The van der Waals surface area contributed by atoms with Crippen molar-refractivity contribution in [1.29, 1.82) is 0 Å². The van der Waals surface area contributed by atoms with Gasteiger partial charge in [0.15, 0.2) is 5.82 Å². The van der Waals surface area contributed by atoms with Gasteiger partial charge in [0.2, 0.25) is 0 Å². The highest BCUT2D eigenvalue weighted by atomic mass is 32.1. The van der Waals surface area contributed by atoms with Crippen LogP contribution in [0.4, 0.5) is 0 Å². The molecule has 0 bridgehead atoms. The van der Waals surface area contributed by atoms with Crippen molar-refractivity contribution >= 4 is 17.3 Å². The first-order valence-electron chi connectivity index (χ1n) is 4.00. The number of carbonyl (C=O) groups is 1. The quantitative estimate of drug-likeness (QED) is 0.830. The fourth-order valence-electron chi connectivity index (χ4n) is 1.13. The van der Waals surface area contributed by atoms with E-state index >= 15 is 0 Å². The van der Waals surface area contributed by atoms with Crippen molar-refractivity contribution in [3.63, 3.8) is 0 Å². The molecule has 2 heterocycles. The summed E-state index contributed by atoms with van der Waals surface area (Å²) in [5.74, 6) is -1.63. The summed E-state index contributed by atoms with van der Waals surface area (Å²) >= 11 is 1.36. The Kier molecular flexibility index (Phi) is 2.38. The first-order chi connectivity index (χ1) is 7.18. The minimum absolute atomic E-state index is 0.248. The normalized spacial score (nSPS) is 10.4. The zero-order chi connectivity index (χ0) is 10.8. The largest absolute Gasteiger partial charge is 0.480 e. The molecule has 2 aromatic rings. The molecule has 0 aromatic carbocycles. The Bertz CT molecular complexity index is 525. The molecular weight excluding hydrogens is 220 g/mol. The van der Waals surface area contributed by atoms with Gasteiger partial charge < -0.3 is 5.11 Å². The first kappa shape index (κ1) is 9.66. The molecule has 0 saturated heterocycles. The van der Waals surface area contributed by atoms with E-state index < -0.39 is 18.3 Å². The molecule has 2 aromatic heterocycles. The van der Waals surface area contributed by atoms with Gasteiger partial charge in [-0.1, -0.05) is 11.2 Å². The molecule has 2 rings (SSSR count). The van der Waals surface area contributed by atoms with E-state index in [9.17, 15) is 9.59 Å². The van der Waals surface area contributed by atoms with Gasteiger partial charge in [-0.15, -0.1) is 11.3 Å². The molecule has 1 N–H and O–H groups in total. The fraction of sp³-hybridized carbons (Fsp3) is 0.125. The van der Waals surface area contributed by atoms with Crippen molar-refractivity contribution in [1.82, 2.24) is 9.72 Å². The van der Waals surface area contributed by atoms with E-state index in [4.69, 9.17) is 5.11 Å². The monoisotopic (exact) mass is 226 g/mol. The minimum atomic E-state index is -1.11. The van der Waals surface area contributed by atoms with Crippen LogP contribution in [0.2, 0.25) is 0 Å². The summed E-state index contributed by atoms with van der Waals surface area (Å²) in [5.41, 5.74) is 0. The molecule has 0 atom stereocenters. The van der Waals surface area contributed by atoms with Crippen LogP contribution in [-0.2, 0) is 11.3 Å². The summed E-state index contributed by atoms with van der Waals surface area (Å²) in [5, 5.41) is 13.9. The lowest BCUT2D eigenvalue weighted by molar-refractivity contribution is -0.137. The number of hydrogen-bond acceptors (Lipinski definition) is 5. The average Bonchev–Trinajstić information content (AvgIpc) is 2.76. The van der Waals surface area contributed by atoms with Gasteiger partial charge in [-0.3, -0.25) is 9.32 Å². The Labute approximate surface area is 87.4 Å². The second-order valence-corrected chi connectivity index (χ2v) is 3.68. The average molecular weight is 226 g/mol. The van der Waals surface area contributed by atoms with Gasteiger partial charge in [0.25, 0.3) is 0 Å². The predicted octanol–water partition coefficient (Wildman–Crippen LogP) is 0.649. The number of nitrogens with zero attached hydrogens (tertiary/aromatic N) is 2. The van der Waals surface area contributed by atoms with Crippen LogP contribution in [0.15, 0.2) is 26.8 Å². The zero-order valence-electron chi connectivity index (χ0n) is 7.41. The molecule has 6 nitrogen and oxygen atoms in total. The molecule has 0 aliphatic heterocycles. The second-order valence-electron chi connectivity index (χ2n) is 2.73. The predicted molar refractivity (Wildman–Crippen MR) is 51.7 cm³/mol. The van der Waals surface area contributed by atoms with Gasteiger partial charge in [-0.2, -0.15) is 0 Å². The molecule has 7 heteroatoms. The molecule has 0 unspecified atom stereocenters. The van der Waals surface area contributed by atoms with Gasteiger partial charge in [0.1, 0.15) is 6.54 Å². The second kappa shape index (κ2) is 3.70. The maximum atomic E-state index is 11.1. The van der Waals surface area contributed by atoms with Crippen molar-refractivity contribution in [3.8, 4) is 10.7 Å². The lowest BCUT2D eigenvalue weighted by Gasteiger charge is -1.97. The standard InChI is InChI=1S/C8H6N2O4S/c11-6(12)4-10-7(9-14-8(10)13)5-2-1-3-15-5/h1-3H,4H2,(H,11,12). The summed E-state index contributed by atoms with van der Waals surface area (Å²) in [6, 6.07) is 3.52. The molecule has 0 fully saturated rings. The molecule has 0 spiro atoms. The number of aromatic nitrogens is 2. The number of rotatable bonds is 3. The van der Waals surface area contributed by atoms with Gasteiger partial charge in [-0.25, -0.2) is 9.36 Å². The number of aliphatic carboxylic acids is 1. The van der Waals surface area contributed by atoms with Gasteiger partial charge in [-0.05, 0) is 11.4 Å². The summed E-state index contributed by atoms with van der Waals surface area (Å²) in [4.78, 5) is 22.4. The Hall–Kier alpha value is -1.89. The molecule has 0 amide bonds. The van der Waals surface area contributed by atoms with Crippen LogP contribution in [0.1, 0.15) is 0 Å². The van der Waals surface area contributed by atoms with E-state index in [1.807, 2.05) is 0 Å². The smallest absolute Gasteiger partial charge is 0.442 e. The van der Waals surface area contributed by atoms with E-state index in [-0.39, 0.29) is 5.82 Å². The maximum Gasteiger partial charge on any atom is 0.442 e. The van der Waals surface area contributed by atoms with E-state index in [1.54, 1.807) is 17.5 Å². The minimum Gasteiger partial charge on any atom is -0.480 e. The van der Waals surface area contributed by atoms with E-state index in [0.29, 0.717) is 4.88 Å². The van der Waals surface area contributed by atoms with E-state index in [0.717, 1.165) is 4.57 Å². The number of carboxylic acid groups (broad SMARTS) is 1. The maximum absolute atomic E-state index is 11.1. The Morgan fingerprint density at radius 3 is 3.07 bits per heavy atom. The van der Waals surface area contributed by atoms with Gasteiger partial charge >= 0.3 is 11.7 Å². The highest BCUT2D eigenvalue weighted by Crippen LogP contribution is 2.21. The third kappa shape index (κ3) is 1.82. The highest BCUT2D eigenvalue weighted by Gasteiger charge is 2.15. The van der Waals surface area contributed by atoms with Crippen molar-refractivity contribution in [2.75, 3.05) is 0 Å². The molecule has 0 radical (unpaired) electrons. The van der Waals surface area contributed by atoms with E-state index in [2.05, 4.69) is 9.68 Å². The van der Waals surface area contributed by atoms with Crippen LogP contribution in [0.5, 0.6) is 0 Å². The van der Waals surface area contributed by atoms with Crippen molar-refractivity contribution in [2.24, 2.45) is 0 Å². The van der Waals surface area contributed by atoms with Crippen LogP contribution in [-0.4, -0.2) is 20.8 Å². The summed E-state index contributed by atoms with van der Waals surface area (Å²) in [6.45, 7) is -0.449. The topological polar surface area (TPSA) is 85.3 Å². The third-order valence-electron chi connectivity index (χ3n) is 1.72. The summed E-state index contributed by atoms with van der Waals surface area (Å²) in [6.07, 6.45) is 0. The van der Waals surface area contributed by atoms with E-state index in [1.165, 1.54) is 11.3 Å². The van der Waals surface area contributed by atoms with Crippen LogP contribution in [0.3, 0.4) is 0 Å². The van der Waals surface area contributed by atoms with Crippen molar-refractivity contribution in [3.05, 3.63) is 28.1 Å². The third-order valence-corrected chi connectivity index (χ3v) is 2.59. The molecular formula is C8H6N2O4S. The van der Waals surface area contributed by atoms with Crippen LogP contribution in [0.25, 0.3) is 10.7 Å². The first-order valence-corrected chi connectivity index (χ1v) is 4.88. The fourth-order valence-corrected chi connectivity index (χ4v) is 1.84. The van der Waals surface area contributed by atoms with Crippen molar-refractivity contribution in [2.45, 2.75) is 6.54 Å². The summed E-state index contributed by atoms with van der Waals surface area (Å²) in [7, 11) is 0. The zero-order valence-corrected chi connectivity index (χ0v) is 8.23. The summed E-state index contributed by atoms with van der Waals surface area (Å²) < 4.78 is 5.40. The lowest BCUT2D eigenvalue weighted by atomic mass is 10.4. The Morgan fingerprint density at radius 1 is 1.67 bits per heavy atom.